The van der Waals surface area contributed by atoms with Gasteiger partial charge in [0, 0.05) is 22.9 Å². The number of hydrogen-bond donors (Lipinski definition) is 0. The van der Waals surface area contributed by atoms with Gasteiger partial charge in [-0.2, -0.15) is 0 Å². The van der Waals surface area contributed by atoms with Gasteiger partial charge in [0.15, 0.2) is 5.82 Å². The van der Waals surface area contributed by atoms with Crippen LogP contribution in [0.15, 0.2) is 59.7 Å². The Morgan fingerprint density at radius 3 is 2.50 bits per heavy atom. The van der Waals surface area contributed by atoms with Gasteiger partial charge in [0.1, 0.15) is 5.69 Å². The first-order valence-electron chi connectivity index (χ1n) is 12.1. The van der Waals surface area contributed by atoms with Crippen LogP contribution < -0.4 is 4.90 Å². The summed E-state index contributed by atoms with van der Waals surface area (Å²) in [5.74, 6) is 2.68. The lowest BCUT2D eigenvalue weighted by molar-refractivity contribution is 0.576. The Morgan fingerprint density at radius 2 is 1.75 bits per heavy atom. The van der Waals surface area contributed by atoms with Crippen molar-refractivity contribution in [1.82, 2.24) is 10.2 Å². The van der Waals surface area contributed by atoms with E-state index in [0.29, 0.717) is 6.04 Å². The molecule has 1 saturated carbocycles. The fourth-order valence-corrected chi connectivity index (χ4v) is 6.33. The quantitative estimate of drug-likeness (QED) is 0.470. The van der Waals surface area contributed by atoms with Gasteiger partial charge in [-0.05, 0) is 68.6 Å². The van der Waals surface area contributed by atoms with Crippen LogP contribution in [0.5, 0.6) is 0 Å². The van der Waals surface area contributed by atoms with Crippen molar-refractivity contribution in [3.8, 4) is 11.3 Å². The normalized spacial score (nSPS) is 24.0. The van der Waals surface area contributed by atoms with Crippen molar-refractivity contribution in [1.29, 1.82) is 0 Å². The molecule has 2 aromatic carbocycles. The Balaban J connectivity index is 1.50. The third-order valence-electron chi connectivity index (χ3n) is 7.78. The molecule has 0 spiro atoms. The van der Waals surface area contributed by atoms with Crippen LogP contribution >= 0.6 is 0 Å². The van der Waals surface area contributed by atoms with E-state index in [4.69, 9.17) is 10.2 Å². The van der Waals surface area contributed by atoms with Gasteiger partial charge in [-0.25, -0.2) is 0 Å². The topological polar surface area (TPSA) is 29.0 Å². The minimum absolute atomic E-state index is 0.392. The van der Waals surface area contributed by atoms with Crippen LogP contribution in [0.2, 0.25) is 0 Å². The minimum atomic E-state index is 0.392. The molecule has 1 aliphatic heterocycles. The van der Waals surface area contributed by atoms with Crippen molar-refractivity contribution >= 4 is 16.6 Å². The zero-order chi connectivity index (χ0) is 22.0. The van der Waals surface area contributed by atoms with E-state index in [-0.39, 0.29) is 0 Å². The lowest BCUT2D eigenvalue weighted by Gasteiger charge is -2.40. The number of aryl methyl sites for hydroxylation is 3. The molecule has 3 heteroatoms. The first-order chi connectivity index (χ1) is 15.6. The van der Waals surface area contributed by atoms with Gasteiger partial charge in [0.2, 0.25) is 0 Å². The van der Waals surface area contributed by atoms with Gasteiger partial charge in [-0.1, -0.05) is 66.6 Å². The first-order valence-corrected chi connectivity index (χ1v) is 12.1. The number of aromatic nitrogens is 2. The zero-order valence-electron chi connectivity index (χ0n) is 19.5. The molecule has 1 fully saturated rings. The highest BCUT2D eigenvalue weighted by atomic mass is 15.3. The van der Waals surface area contributed by atoms with Gasteiger partial charge in [-0.15, -0.1) is 10.2 Å². The third kappa shape index (κ3) is 2.94. The van der Waals surface area contributed by atoms with Crippen LogP contribution in [0.1, 0.15) is 42.9 Å². The molecule has 0 saturated heterocycles. The average Bonchev–Trinajstić information content (AvgIpc) is 3.58. The summed E-state index contributed by atoms with van der Waals surface area (Å²) in [4.78, 5) is 2.53. The number of hydrogen-bond acceptors (Lipinski definition) is 3. The number of anilines is 1. The SMILES string of the molecule is CCC1C2=C(CCN1c1nnc(-c3c(C)cc(C)cc3C)c3ccccc13)C1CC1C=C2. The van der Waals surface area contributed by atoms with Gasteiger partial charge < -0.3 is 4.90 Å². The summed E-state index contributed by atoms with van der Waals surface area (Å²) in [5, 5.41) is 12.2. The zero-order valence-corrected chi connectivity index (χ0v) is 19.5. The maximum atomic E-state index is 4.91. The van der Waals surface area contributed by atoms with Crippen LogP contribution in [0.25, 0.3) is 22.0 Å². The second-order valence-corrected chi connectivity index (χ2v) is 9.90. The first kappa shape index (κ1) is 19.7. The monoisotopic (exact) mass is 421 g/mol. The van der Waals surface area contributed by atoms with E-state index < -0.39 is 0 Å². The van der Waals surface area contributed by atoms with Crippen molar-refractivity contribution in [2.75, 3.05) is 11.4 Å². The Hall–Kier alpha value is -2.94. The van der Waals surface area contributed by atoms with Gasteiger partial charge in [-0.3, -0.25) is 0 Å². The molecule has 0 bridgehead atoms. The highest BCUT2D eigenvalue weighted by molar-refractivity contribution is 6.01. The van der Waals surface area contributed by atoms with Crippen LogP contribution in [0.3, 0.4) is 0 Å². The van der Waals surface area contributed by atoms with E-state index in [2.05, 4.69) is 81.1 Å². The molecule has 6 rings (SSSR count). The van der Waals surface area contributed by atoms with Crippen molar-refractivity contribution in [2.45, 2.75) is 53.0 Å². The number of allylic oxidation sites excluding steroid dienone is 1. The van der Waals surface area contributed by atoms with E-state index in [0.717, 1.165) is 42.7 Å². The predicted molar refractivity (Wildman–Crippen MR) is 133 cm³/mol. The van der Waals surface area contributed by atoms with Gasteiger partial charge in [0.05, 0.1) is 6.04 Å². The molecule has 3 atom stereocenters. The lowest BCUT2D eigenvalue weighted by atomic mass is 9.85. The smallest absolute Gasteiger partial charge is 0.159 e. The number of nitrogens with zero attached hydrogens (tertiary/aromatic N) is 3. The summed E-state index contributed by atoms with van der Waals surface area (Å²) in [5.41, 5.74) is 9.32. The molecule has 32 heavy (non-hydrogen) atoms. The molecule has 3 unspecified atom stereocenters. The average molecular weight is 422 g/mol. The van der Waals surface area contributed by atoms with Crippen molar-refractivity contribution in [3.05, 3.63) is 76.4 Å². The van der Waals surface area contributed by atoms with Gasteiger partial charge >= 0.3 is 0 Å². The Labute approximate surface area is 190 Å². The van der Waals surface area contributed by atoms with E-state index in [1.807, 2.05) is 0 Å². The largest absolute Gasteiger partial charge is 0.347 e. The summed E-state index contributed by atoms with van der Waals surface area (Å²) >= 11 is 0. The van der Waals surface area contributed by atoms with Crippen LogP contribution in [0, 0.1) is 32.6 Å². The van der Waals surface area contributed by atoms with E-state index >= 15 is 0 Å². The second kappa shape index (κ2) is 7.30. The molecule has 0 N–H and O–H groups in total. The van der Waals surface area contributed by atoms with E-state index in [1.54, 1.807) is 11.1 Å². The molecule has 3 aromatic rings. The summed E-state index contributed by atoms with van der Waals surface area (Å²) in [6.45, 7) is 9.88. The standard InChI is InChI=1S/C29H31N3/c1-5-26-22-11-10-20-16-25(20)21(22)12-13-32(26)29-24-9-7-6-8-23(24)28(30-31-29)27-18(3)14-17(2)15-19(27)4/h6-11,14-15,20,25-26H,5,12-13,16H2,1-4H3. The summed E-state index contributed by atoms with van der Waals surface area (Å²) in [7, 11) is 0. The van der Waals surface area contributed by atoms with Crippen LogP contribution in [-0.2, 0) is 0 Å². The second-order valence-electron chi connectivity index (χ2n) is 9.90. The maximum absolute atomic E-state index is 4.91. The maximum Gasteiger partial charge on any atom is 0.159 e. The van der Waals surface area contributed by atoms with Crippen LogP contribution in [0.4, 0.5) is 5.82 Å². The summed E-state index contributed by atoms with van der Waals surface area (Å²) in [6, 6.07) is 13.6. The molecular formula is C29H31N3. The Morgan fingerprint density at radius 1 is 1.00 bits per heavy atom. The fourth-order valence-electron chi connectivity index (χ4n) is 6.33. The van der Waals surface area contributed by atoms with Crippen LogP contribution in [-0.4, -0.2) is 22.8 Å². The molecule has 3 aliphatic rings. The van der Waals surface area contributed by atoms with Crippen molar-refractivity contribution in [2.24, 2.45) is 11.8 Å². The highest BCUT2D eigenvalue weighted by Gasteiger charge is 2.44. The highest BCUT2D eigenvalue weighted by Crippen LogP contribution is 2.53. The lowest BCUT2D eigenvalue weighted by Crippen LogP contribution is -2.42. The molecule has 2 heterocycles. The molecule has 3 nitrogen and oxygen atoms in total. The molecule has 2 aliphatic carbocycles. The molecule has 0 radical (unpaired) electrons. The fraction of sp³-hybridized carbons (Fsp3) is 0.379. The van der Waals surface area contributed by atoms with Crippen molar-refractivity contribution in [3.63, 3.8) is 0 Å². The van der Waals surface area contributed by atoms with Gasteiger partial charge in [0.25, 0.3) is 0 Å². The van der Waals surface area contributed by atoms with E-state index in [1.165, 1.54) is 39.4 Å². The summed E-state index contributed by atoms with van der Waals surface area (Å²) < 4.78 is 0. The summed E-state index contributed by atoms with van der Waals surface area (Å²) in [6.07, 6.45) is 8.48. The Kier molecular flexibility index (Phi) is 4.50. The van der Waals surface area contributed by atoms with Crippen molar-refractivity contribution < 1.29 is 0 Å². The molecule has 162 valence electrons. The Bertz CT molecular complexity index is 1280. The number of rotatable bonds is 3. The predicted octanol–water partition coefficient (Wildman–Crippen LogP) is 6.71. The van der Waals surface area contributed by atoms with E-state index in [9.17, 15) is 0 Å². The molecule has 1 aromatic heterocycles. The third-order valence-corrected chi connectivity index (χ3v) is 7.78. The number of benzene rings is 2. The minimum Gasteiger partial charge on any atom is -0.347 e. The molecule has 0 amide bonds. The number of fused-ring (bicyclic) bond motifs is 3. The molecular weight excluding hydrogens is 390 g/mol.